The summed E-state index contributed by atoms with van der Waals surface area (Å²) in [6, 6.07) is 7.97. The second-order valence-electron chi connectivity index (χ2n) is 4.12. The van der Waals surface area contributed by atoms with E-state index in [1.54, 1.807) is 0 Å². The molecular weight excluding hydrogens is 234 g/mol. The van der Waals surface area contributed by atoms with E-state index in [0.29, 0.717) is 0 Å². The van der Waals surface area contributed by atoms with Crippen LogP contribution in [0.3, 0.4) is 0 Å². The molecule has 0 saturated heterocycles. The standard InChI is InChI=1S/C13H16ClN3/c1-9-7-10(2)17(16-9)13-11(8-15-3)5-4-6-12(13)14/h4-7,15H,8H2,1-3H3. The molecule has 0 aliphatic heterocycles. The molecule has 0 aliphatic rings. The molecule has 17 heavy (non-hydrogen) atoms. The minimum atomic E-state index is 0.726. The topological polar surface area (TPSA) is 29.9 Å². The number of hydrogen-bond acceptors (Lipinski definition) is 2. The lowest BCUT2D eigenvalue weighted by molar-refractivity contribution is 0.775. The van der Waals surface area contributed by atoms with Crippen molar-refractivity contribution in [3.63, 3.8) is 0 Å². The predicted molar refractivity (Wildman–Crippen MR) is 70.8 cm³/mol. The normalized spacial score (nSPS) is 10.8. The number of rotatable bonds is 3. The summed E-state index contributed by atoms with van der Waals surface area (Å²) < 4.78 is 1.91. The Morgan fingerprint density at radius 2 is 2.12 bits per heavy atom. The highest BCUT2D eigenvalue weighted by molar-refractivity contribution is 6.32. The monoisotopic (exact) mass is 249 g/mol. The van der Waals surface area contributed by atoms with Crippen molar-refractivity contribution in [2.24, 2.45) is 0 Å². The van der Waals surface area contributed by atoms with Crippen molar-refractivity contribution in [1.29, 1.82) is 0 Å². The van der Waals surface area contributed by atoms with Crippen LogP contribution in [-0.4, -0.2) is 16.8 Å². The van der Waals surface area contributed by atoms with Crippen molar-refractivity contribution < 1.29 is 0 Å². The van der Waals surface area contributed by atoms with Crippen LogP contribution in [-0.2, 0) is 6.54 Å². The van der Waals surface area contributed by atoms with E-state index in [-0.39, 0.29) is 0 Å². The molecule has 1 N–H and O–H groups in total. The molecule has 0 spiro atoms. The van der Waals surface area contributed by atoms with Crippen LogP contribution < -0.4 is 5.32 Å². The van der Waals surface area contributed by atoms with Gasteiger partial charge in [-0.05, 0) is 38.6 Å². The molecule has 0 bridgehead atoms. The minimum Gasteiger partial charge on any atom is -0.316 e. The molecule has 3 nitrogen and oxygen atoms in total. The van der Waals surface area contributed by atoms with Crippen LogP contribution in [0.15, 0.2) is 24.3 Å². The maximum Gasteiger partial charge on any atom is 0.0879 e. The van der Waals surface area contributed by atoms with Crippen LogP contribution in [0, 0.1) is 13.8 Å². The van der Waals surface area contributed by atoms with Crippen LogP contribution >= 0.6 is 11.6 Å². The van der Waals surface area contributed by atoms with Gasteiger partial charge in [0.25, 0.3) is 0 Å². The van der Waals surface area contributed by atoms with Crippen LogP contribution in [0.25, 0.3) is 5.69 Å². The largest absolute Gasteiger partial charge is 0.316 e. The van der Waals surface area contributed by atoms with Gasteiger partial charge in [0.2, 0.25) is 0 Å². The summed E-state index contributed by atoms with van der Waals surface area (Å²) in [5.41, 5.74) is 4.20. The summed E-state index contributed by atoms with van der Waals surface area (Å²) in [7, 11) is 1.92. The van der Waals surface area contributed by atoms with Gasteiger partial charge >= 0.3 is 0 Å². The molecule has 1 heterocycles. The fourth-order valence-electron chi connectivity index (χ4n) is 1.99. The number of para-hydroxylation sites is 1. The Morgan fingerprint density at radius 1 is 1.35 bits per heavy atom. The van der Waals surface area contributed by atoms with E-state index in [4.69, 9.17) is 11.6 Å². The van der Waals surface area contributed by atoms with Crippen LogP contribution in [0.2, 0.25) is 5.02 Å². The molecule has 0 fully saturated rings. The summed E-state index contributed by atoms with van der Waals surface area (Å²) in [6.45, 7) is 4.79. The smallest absolute Gasteiger partial charge is 0.0879 e. The summed E-state index contributed by atoms with van der Waals surface area (Å²) in [4.78, 5) is 0. The van der Waals surface area contributed by atoms with Gasteiger partial charge < -0.3 is 5.32 Å². The molecule has 1 aromatic heterocycles. The highest BCUT2D eigenvalue weighted by atomic mass is 35.5. The molecule has 2 aromatic rings. The first-order valence-corrected chi connectivity index (χ1v) is 5.97. The molecule has 0 aliphatic carbocycles. The van der Waals surface area contributed by atoms with Gasteiger partial charge in [-0.3, -0.25) is 0 Å². The zero-order chi connectivity index (χ0) is 12.4. The maximum absolute atomic E-state index is 6.29. The summed E-state index contributed by atoms with van der Waals surface area (Å²) in [6.07, 6.45) is 0. The number of aryl methyl sites for hydroxylation is 2. The molecule has 0 radical (unpaired) electrons. The molecule has 1 aromatic carbocycles. The second kappa shape index (κ2) is 4.90. The maximum atomic E-state index is 6.29. The lowest BCUT2D eigenvalue weighted by Gasteiger charge is -2.12. The number of halogens is 1. The van der Waals surface area contributed by atoms with Crippen molar-refractivity contribution in [1.82, 2.24) is 15.1 Å². The van der Waals surface area contributed by atoms with Gasteiger partial charge in [-0.2, -0.15) is 5.10 Å². The Labute approximate surface area is 106 Å². The van der Waals surface area contributed by atoms with Crippen molar-refractivity contribution in [2.45, 2.75) is 20.4 Å². The Hall–Kier alpha value is -1.32. The average Bonchev–Trinajstić information content (AvgIpc) is 2.58. The first kappa shape index (κ1) is 12.1. The predicted octanol–water partition coefficient (Wildman–Crippen LogP) is 2.86. The van der Waals surface area contributed by atoms with Gasteiger partial charge in [-0.15, -0.1) is 0 Å². The second-order valence-corrected chi connectivity index (χ2v) is 4.52. The molecule has 2 rings (SSSR count). The zero-order valence-electron chi connectivity index (χ0n) is 10.3. The van der Waals surface area contributed by atoms with Gasteiger partial charge in [0.15, 0.2) is 0 Å². The third-order valence-electron chi connectivity index (χ3n) is 2.66. The van der Waals surface area contributed by atoms with Crippen molar-refractivity contribution in [3.8, 4) is 5.69 Å². The van der Waals surface area contributed by atoms with E-state index in [1.165, 1.54) is 0 Å². The summed E-state index contributed by atoms with van der Waals surface area (Å²) in [5.74, 6) is 0. The number of benzene rings is 1. The number of nitrogens with one attached hydrogen (secondary N) is 1. The first-order valence-electron chi connectivity index (χ1n) is 5.59. The molecule has 0 atom stereocenters. The SMILES string of the molecule is CNCc1cccc(Cl)c1-n1nc(C)cc1C. The Morgan fingerprint density at radius 3 is 2.71 bits per heavy atom. The van der Waals surface area contributed by atoms with Gasteiger partial charge in [0, 0.05) is 12.2 Å². The average molecular weight is 250 g/mol. The van der Waals surface area contributed by atoms with E-state index in [9.17, 15) is 0 Å². The third-order valence-corrected chi connectivity index (χ3v) is 2.96. The molecule has 4 heteroatoms. The fourth-order valence-corrected chi connectivity index (χ4v) is 2.26. The van der Waals surface area contributed by atoms with E-state index in [0.717, 1.165) is 34.2 Å². The number of nitrogens with zero attached hydrogens (tertiary/aromatic N) is 2. The molecular formula is C13H16ClN3. The Bertz CT molecular complexity index is 531. The van der Waals surface area contributed by atoms with E-state index in [2.05, 4.69) is 16.5 Å². The Balaban J connectivity index is 2.61. The van der Waals surface area contributed by atoms with Gasteiger partial charge in [-0.1, -0.05) is 23.7 Å². The first-order chi connectivity index (χ1) is 8.13. The number of hydrogen-bond donors (Lipinski definition) is 1. The zero-order valence-corrected chi connectivity index (χ0v) is 11.0. The Kier molecular flexibility index (Phi) is 3.50. The summed E-state index contributed by atoms with van der Waals surface area (Å²) in [5, 5.41) is 8.36. The summed E-state index contributed by atoms with van der Waals surface area (Å²) >= 11 is 6.29. The van der Waals surface area contributed by atoms with E-state index in [1.807, 2.05) is 43.8 Å². The highest BCUT2D eigenvalue weighted by Gasteiger charge is 2.12. The van der Waals surface area contributed by atoms with Crippen molar-refractivity contribution >= 4 is 11.6 Å². The molecule has 90 valence electrons. The van der Waals surface area contributed by atoms with Gasteiger partial charge in [-0.25, -0.2) is 4.68 Å². The minimum absolute atomic E-state index is 0.726. The molecule has 0 saturated carbocycles. The van der Waals surface area contributed by atoms with Crippen molar-refractivity contribution in [3.05, 3.63) is 46.2 Å². The van der Waals surface area contributed by atoms with Crippen LogP contribution in [0.4, 0.5) is 0 Å². The van der Waals surface area contributed by atoms with E-state index < -0.39 is 0 Å². The van der Waals surface area contributed by atoms with Gasteiger partial charge in [0.1, 0.15) is 0 Å². The van der Waals surface area contributed by atoms with E-state index >= 15 is 0 Å². The van der Waals surface area contributed by atoms with Gasteiger partial charge in [0.05, 0.1) is 16.4 Å². The third kappa shape index (κ3) is 2.35. The number of aromatic nitrogens is 2. The molecule has 0 amide bonds. The van der Waals surface area contributed by atoms with Crippen LogP contribution in [0.5, 0.6) is 0 Å². The highest BCUT2D eigenvalue weighted by Crippen LogP contribution is 2.25. The van der Waals surface area contributed by atoms with Crippen LogP contribution in [0.1, 0.15) is 17.0 Å². The quantitative estimate of drug-likeness (QED) is 0.907. The lowest BCUT2D eigenvalue weighted by atomic mass is 10.1. The van der Waals surface area contributed by atoms with Crippen molar-refractivity contribution in [2.75, 3.05) is 7.05 Å². The fraction of sp³-hybridized carbons (Fsp3) is 0.308. The molecule has 0 unspecified atom stereocenters. The lowest BCUT2D eigenvalue weighted by Crippen LogP contribution is -2.11.